The van der Waals surface area contributed by atoms with Crippen molar-refractivity contribution in [3.05, 3.63) is 33.1 Å². The van der Waals surface area contributed by atoms with Gasteiger partial charge in [0, 0.05) is 49.4 Å². The number of rotatable bonds is 4. The number of hydrogen-bond donors (Lipinski definition) is 2. The molecule has 126 valence electrons. The van der Waals surface area contributed by atoms with Crippen LogP contribution in [0.4, 0.5) is 5.13 Å². The Labute approximate surface area is 143 Å². The standard InChI is InChI=1S/C16H19N5O2S/c1-11-13(8-12(9-17)15(23)18-11)14-10-24-16(19-14)21-4-2-20(3-5-21)6-7-22/h8,10,22H,2-7H2,1H3,(H,18,23). The van der Waals surface area contributed by atoms with Crippen molar-refractivity contribution >= 4 is 16.5 Å². The van der Waals surface area contributed by atoms with E-state index in [1.807, 2.05) is 18.4 Å². The van der Waals surface area contributed by atoms with Crippen molar-refractivity contribution in [3.8, 4) is 17.3 Å². The first-order valence-electron chi connectivity index (χ1n) is 7.80. The summed E-state index contributed by atoms with van der Waals surface area (Å²) < 4.78 is 0. The van der Waals surface area contributed by atoms with Crippen LogP contribution in [0.15, 0.2) is 16.2 Å². The molecule has 24 heavy (non-hydrogen) atoms. The summed E-state index contributed by atoms with van der Waals surface area (Å²) in [6.45, 7) is 6.28. The van der Waals surface area contributed by atoms with E-state index in [2.05, 4.69) is 19.8 Å². The van der Waals surface area contributed by atoms with E-state index in [0.29, 0.717) is 12.2 Å². The lowest BCUT2D eigenvalue weighted by molar-refractivity contribution is 0.189. The monoisotopic (exact) mass is 345 g/mol. The predicted octanol–water partition coefficient (Wildman–Crippen LogP) is 0.793. The molecule has 0 radical (unpaired) electrons. The SMILES string of the molecule is Cc1[nH]c(=O)c(C#N)cc1-c1csc(N2CCN(CCO)CC2)n1. The second kappa shape index (κ2) is 7.13. The van der Waals surface area contributed by atoms with Crippen LogP contribution in [0, 0.1) is 18.3 Å². The molecule has 0 aromatic carbocycles. The van der Waals surface area contributed by atoms with Gasteiger partial charge in [0.2, 0.25) is 0 Å². The van der Waals surface area contributed by atoms with E-state index in [-0.39, 0.29) is 17.7 Å². The van der Waals surface area contributed by atoms with E-state index in [0.717, 1.165) is 42.6 Å². The molecule has 0 aliphatic carbocycles. The van der Waals surface area contributed by atoms with Crippen LogP contribution in [0.3, 0.4) is 0 Å². The third-order valence-electron chi connectivity index (χ3n) is 4.19. The smallest absolute Gasteiger partial charge is 0.266 e. The third-order valence-corrected chi connectivity index (χ3v) is 5.09. The van der Waals surface area contributed by atoms with Gasteiger partial charge in [-0.1, -0.05) is 0 Å². The van der Waals surface area contributed by atoms with Gasteiger partial charge in [0.25, 0.3) is 5.56 Å². The van der Waals surface area contributed by atoms with Gasteiger partial charge in [-0.3, -0.25) is 9.69 Å². The molecule has 0 amide bonds. The number of β-amino-alcohol motifs (C(OH)–C–C–N with tert-alkyl or cyclic N) is 1. The Balaban J connectivity index is 1.80. The van der Waals surface area contributed by atoms with E-state index < -0.39 is 0 Å². The summed E-state index contributed by atoms with van der Waals surface area (Å²) in [5.41, 5.74) is 2.01. The molecule has 8 heteroatoms. The van der Waals surface area contributed by atoms with Crippen molar-refractivity contribution in [2.45, 2.75) is 6.92 Å². The third kappa shape index (κ3) is 3.33. The normalized spacial score (nSPS) is 15.5. The first-order valence-corrected chi connectivity index (χ1v) is 8.68. The number of aromatic amines is 1. The number of anilines is 1. The number of hydrogen-bond acceptors (Lipinski definition) is 7. The van der Waals surface area contributed by atoms with E-state index in [1.165, 1.54) is 0 Å². The zero-order chi connectivity index (χ0) is 17.1. The molecule has 2 aromatic rings. The molecule has 3 rings (SSSR count). The number of aliphatic hydroxyl groups excluding tert-OH is 1. The molecule has 3 heterocycles. The highest BCUT2D eigenvalue weighted by Crippen LogP contribution is 2.29. The molecule has 1 saturated heterocycles. The van der Waals surface area contributed by atoms with E-state index >= 15 is 0 Å². The summed E-state index contributed by atoms with van der Waals surface area (Å²) in [5.74, 6) is 0. The maximum Gasteiger partial charge on any atom is 0.266 e. The van der Waals surface area contributed by atoms with Crippen LogP contribution in [0.1, 0.15) is 11.3 Å². The number of nitrogens with one attached hydrogen (secondary N) is 1. The summed E-state index contributed by atoms with van der Waals surface area (Å²) in [4.78, 5) is 23.5. The number of aryl methyl sites for hydroxylation is 1. The molecule has 0 spiro atoms. The lowest BCUT2D eigenvalue weighted by Gasteiger charge is -2.34. The summed E-state index contributed by atoms with van der Waals surface area (Å²) in [6.07, 6.45) is 0. The Morgan fingerprint density at radius 3 is 2.83 bits per heavy atom. The van der Waals surface area contributed by atoms with Gasteiger partial charge in [-0.2, -0.15) is 5.26 Å². The van der Waals surface area contributed by atoms with Crippen LogP contribution in [0.2, 0.25) is 0 Å². The number of nitrogens with zero attached hydrogens (tertiary/aromatic N) is 4. The van der Waals surface area contributed by atoms with Gasteiger partial charge in [0.15, 0.2) is 5.13 Å². The maximum absolute atomic E-state index is 11.7. The van der Waals surface area contributed by atoms with Crippen LogP contribution >= 0.6 is 11.3 Å². The second-order valence-corrected chi connectivity index (χ2v) is 6.57. The number of aliphatic hydroxyl groups is 1. The molecule has 2 aromatic heterocycles. The number of thiazole rings is 1. The van der Waals surface area contributed by atoms with E-state index in [9.17, 15) is 4.79 Å². The fraction of sp³-hybridized carbons (Fsp3) is 0.438. The summed E-state index contributed by atoms with van der Waals surface area (Å²) >= 11 is 1.56. The average Bonchev–Trinajstić information content (AvgIpc) is 3.06. The fourth-order valence-electron chi connectivity index (χ4n) is 2.81. The molecule has 1 aliphatic heterocycles. The van der Waals surface area contributed by atoms with Crippen LogP contribution in [-0.4, -0.2) is 59.3 Å². The van der Waals surface area contributed by atoms with Gasteiger partial charge < -0.3 is 15.0 Å². The molecule has 0 unspecified atom stereocenters. The lowest BCUT2D eigenvalue weighted by atomic mass is 10.1. The van der Waals surface area contributed by atoms with E-state index in [4.69, 9.17) is 10.4 Å². The van der Waals surface area contributed by atoms with Gasteiger partial charge in [-0.25, -0.2) is 4.98 Å². The zero-order valence-corrected chi connectivity index (χ0v) is 14.3. The van der Waals surface area contributed by atoms with E-state index in [1.54, 1.807) is 17.4 Å². The van der Waals surface area contributed by atoms with Crippen LogP contribution < -0.4 is 10.5 Å². The zero-order valence-electron chi connectivity index (χ0n) is 13.4. The van der Waals surface area contributed by atoms with Gasteiger partial charge in [-0.05, 0) is 13.0 Å². The Bertz CT molecular complexity index is 815. The maximum atomic E-state index is 11.7. The number of pyridine rings is 1. The quantitative estimate of drug-likeness (QED) is 0.851. The van der Waals surface area contributed by atoms with Crippen molar-refractivity contribution in [2.24, 2.45) is 0 Å². The molecule has 0 saturated carbocycles. The first-order chi connectivity index (χ1) is 11.6. The van der Waals surface area contributed by atoms with Gasteiger partial charge >= 0.3 is 0 Å². The Hall–Kier alpha value is -2.21. The van der Waals surface area contributed by atoms with Gasteiger partial charge in [0.1, 0.15) is 11.6 Å². The number of aromatic nitrogens is 2. The predicted molar refractivity (Wildman–Crippen MR) is 93.4 cm³/mol. The first kappa shape index (κ1) is 16.6. The minimum absolute atomic E-state index is 0.0998. The van der Waals surface area contributed by atoms with Crippen molar-refractivity contribution < 1.29 is 5.11 Å². The molecule has 7 nitrogen and oxygen atoms in total. The van der Waals surface area contributed by atoms with Crippen LogP contribution in [0.25, 0.3) is 11.3 Å². The largest absolute Gasteiger partial charge is 0.395 e. The van der Waals surface area contributed by atoms with Crippen LogP contribution in [0.5, 0.6) is 0 Å². The minimum Gasteiger partial charge on any atom is -0.395 e. The lowest BCUT2D eigenvalue weighted by Crippen LogP contribution is -2.47. The van der Waals surface area contributed by atoms with Crippen molar-refractivity contribution in [1.29, 1.82) is 5.26 Å². The highest BCUT2D eigenvalue weighted by atomic mass is 32.1. The highest BCUT2D eigenvalue weighted by molar-refractivity contribution is 7.14. The minimum atomic E-state index is -0.366. The number of piperazine rings is 1. The second-order valence-electron chi connectivity index (χ2n) is 5.73. The Kier molecular flexibility index (Phi) is 4.94. The van der Waals surface area contributed by atoms with Crippen molar-refractivity contribution in [1.82, 2.24) is 14.9 Å². The fourth-order valence-corrected chi connectivity index (χ4v) is 3.69. The highest BCUT2D eigenvalue weighted by Gasteiger charge is 2.20. The topological polar surface area (TPSA) is 96.2 Å². The summed E-state index contributed by atoms with van der Waals surface area (Å²) in [7, 11) is 0. The number of nitriles is 1. The molecule has 2 N–H and O–H groups in total. The number of H-pyrrole nitrogens is 1. The molecule has 0 bridgehead atoms. The Morgan fingerprint density at radius 2 is 2.17 bits per heavy atom. The average molecular weight is 345 g/mol. The molecular weight excluding hydrogens is 326 g/mol. The Morgan fingerprint density at radius 1 is 1.42 bits per heavy atom. The molecule has 1 fully saturated rings. The molecule has 1 aliphatic rings. The van der Waals surface area contributed by atoms with Crippen molar-refractivity contribution in [2.75, 3.05) is 44.2 Å². The van der Waals surface area contributed by atoms with Gasteiger partial charge in [0.05, 0.1) is 12.3 Å². The summed E-state index contributed by atoms with van der Waals surface area (Å²) in [6, 6.07) is 3.52. The van der Waals surface area contributed by atoms with Crippen molar-refractivity contribution in [3.63, 3.8) is 0 Å². The van der Waals surface area contributed by atoms with Crippen LogP contribution in [-0.2, 0) is 0 Å². The molecule has 0 atom stereocenters. The molecular formula is C16H19N5O2S. The summed E-state index contributed by atoms with van der Waals surface area (Å²) in [5, 5.41) is 20.9. The van der Waals surface area contributed by atoms with Gasteiger partial charge in [-0.15, -0.1) is 11.3 Å².